The number of alkyl halides is 3. The minimum atomic E-state index is -4.47. The Bertz CT molecular complexity index is 728. The molecule has 1 heterocycles. The van der Waals surface area contributed by atoms with Crippen LogP contribution in [0.25, 0.3) is 0 Å². The van der Waals surface area contributed by atoms with Gasteiger partial charge in [-0.15, -0.1) is 11.3 Å². The lowest BCUT2D eigenvalue weighted by Gasteiger charge is -2.09. The molecule has 5 nitrogen and oxygen atoms in total. The van der Waals surface area contributed by atoms with E-state index in [0.29, 0.717) is 10.8 Å². The lowest BCUT2D eigenvalue weighted by Crippen LogP contribution is -2.15. The van der Waals surface area contributed by atoms with Crippen molar-refractivity contribution in [2.75, 3.05) is 10.6 Å². The van der Waals surface area contributed by atoms with Crippen LogP contribution in [0, 0.1) is 0 Å². The van der Waals surface area contributed by atoms with E-state index in [9.17, 15) is 22.8 Å². The Kier molecular flexibility index (Phi) is 4.99. The second-order valence-corrected chi connectivity index (χ2v) is 5.49. The molecule has 2 N–H and O–H groups in total. The predicted molar refractivity (Wildman–Crippen MR) is 80.2 cm³/mol. The van der Waals surface area contributed by atoms with Crippen LogP contribution in [0.1, 0.15) is 18.2 Å². The number of nitrogens with one attached hydrogen (secondary N) is 2. The highest BCUT2D eigenvalue weighted by atomic mass is 32.1. The number of rotatable bonds is 4. The molecule has 2 amide bonds. The van der Waals surface area contributed by atoms with E-state index in [1.54, 1.807) is 5.38 Å². The third-order valence-electron chi connectivity index (χ3n) is 2.65. The summed E-state index contributed by atoms with van der Waals surface area (Å²) in [5, 5.41) is 6.83. The number of nitrogens with zero attached hydrogens (tertiary/aromatic N) is 1. The maximum atomic E-state index is 12.6. The van der Waals surface area contributed by atoms with Gasteiger partial charge < -0.3 is 10.6 Å². The third-order valence-corrected chi connectivity index (χ3v) is 3.46. The average molecular weight is 343 g/mol. The molecule has 1 aromatic carbocycles. The van der Waals surface area contributed by atoms with Crippen molar-refractivity contribution in [1.82, 2.24) is 4.98 Å². The van der Waals surface area contributed by atoms with Crippen molar-refractivity contribution in [3.63, 3.8) is 0 Å². The fraction of sp³-hybridized carbons (Fsp3) is 0.214. The average Bonchev–Trinajstić information content (AvgIpc) is 2.84. The molecule has 0 unspecified atom stereocenters. The normalized spacial score (nSPS) is 11.1. The zero-order valence-electron chi connectivity index (χ0n) is 11.9. The fourth-order valence-corrected chi connectivity index (χ4v) is 2.50. The van der Waals surface area contributed by atoms with Crippen molar-refractivity contribution in [2.45, 2.75) is 19.5 Å². The zero-order valence-corrected chi connectivity index (χ0v) is 12.7. The van der Waals surface area contributed by atoms with E-state index in [-0.39, 0.29) is 18.0 Å². The topological polar surface area (TPSA) is 71.1 Å². The van der Waals surface area contributed by atoms with Crippen LogP contribution in [0.3, 0.4) is 0 Å². The monoisotopic (exact) mass is 343 g/mol. The molecule has 0 aliphatic heterocycles. The molecule has 2 rings (SSSR count). The van der Waals surface area contributed by atoms with Gasteiger partial charge in [-0.05, 0) is 18.2 Å². The van der Waals surface area contributed by atoms with Crippen LogP contribution >= 0.6 is 11.3 Å². The first-order chi connectivity index (χ1) is 10.7. The van der Waals surface area contributed by atoms with Gasteiger partial charge in [0.15, 0.2) is 5.13 Å². The molecule has 0 aliphatic carbocycles. The number of hydrogen-bond donors (Lipinski definition) is 2. The highest BCUT2D eigenvalue weighted by Gasteiger charge is 2.30. The molecule has 0 saturated heterocycles. The van der Waals surface area contributed by atoms with Crippen molar-refractivity contribution in [3.8, 4) is 0 Å². The molecule has 0 bridgehead atoms. The van der Waals surface area contributed by atoms with E-state index in [2.05, 4.69) is 15.6 Å². The highest BCUT2D eigenvalue weighted by Crippen LogP contribution is 2.30. The number of thiazole rings is 1. The molecule has 0 fully saturated rings. The van der Waals surface area contributed by atoms with Gasteiger partial charge in [-0.25, -0.2) is 4.98 Å². The summed E-state index contributed by atoms with van der Waals surface area (Å²) in [6.07, 6.45) is -4.57. The van der Waals surface area contributed by atoms with Crippen molar-refractivity contribution in [1.29, 1.82) is 0 Å². The summed E-state index contributed by atoms with van der Waals surface area (Å²) in [4.78, 5) is 26.8. The van der Waals surface area contributed by atoms with E-state index >= 15 is 0 Å². The molecule has 1 aromatic heterocycles. The van der Waals surface area contributed by atoms with Gasteiger partial charge in [-0.3, -0.25) is 9.59 Å². The van der Waals surface area contributed by atoms with Crippen LogP contribution < -0.4 is 10.6 Å². The third kappa shape index (κ3) is 5.06. The largest absolute Gasteiger partial charge is 0.416 e. The van der Waals surface area contributed by atoms with E-state index < -0.39 is 17.6 Å². The Morgan fingerprint density at radius 3 is 2.65 bits per heavy atom. The molecule has 0 saturated carbocycles. The maximum Gasteiger partial charge on any atom is 0.416 e. The molecular formula is C14H12F3N3O2S. The van der Waals surface area contributed by atoms with Gasteiger partial charge in [0.1, 0.15) is 0 Å². The Labute approximate surface area is 133 Å². The summed E-state index contributed by atoms with van der Waals surface area (Å²) in [7, 11) is 0. The summed E-state index contributed by atoms with van der Waals surface area (Å²) in [5.74, 6) is -0.775. The van der Waals surface area contributed by atoms with E-state index in [1.165, 1.54) is 19.1 Å². The van der Waals surface area contributed by atoms with E-state index in [1.807, 2.05) is 0 Å². The summed E-state index contributed by atoms with van der Waals surface area (Å²) in [5.41, 5.74) is -0.359. The van der Waals surface area contributed by atoms with Crippen molar-refractivity contribution < 1.29 is 22.8 Å². The SMILES string of the molecule is CC(=O)Nc1nc(CC(=O)Nc2cccc(C(F)(F)F)c2)cs1. The van der Waals surface area contributed by atoms with Crippen LogP contribution in [0.15, 0.2) is 29.6 Å². The van der Waals surface area contributed by atoms with Gasteiger partial charge in [-0.2, -0.15) is 13.2 Å². The van der Waals surface area contributed by atoms with Crippen LogP contribution in [-0.2, 0) is 22.2 Å². The minimum Gasteiger partial charge on any atom is -0.326 e. The van der Waals surface area contributed by atoms with Crippen molar-refractivity contribution >= 4 is 34.0 Å². The quantitative estimate of drug-likeness (QED) is 0.895. The molecule has 0 aliphatic rings. The highest BCUT2D eigenvalue weighted by molar-refractivity contribution is 7.13. The number of benzene rings is 1. The number of amides is 2. The summed E-state index contributed by atoms with van der Waals surface area (Å²) in [6.45, 7) is 1.33. The Morgan fingerprint density at radius 2 is 2.00 bits per heavy atom. The number of hydrogen-bond acceptors (Lipinski definition) is 4. The Morgan fingerprint density at radius 1 is 1.26 bits per heavy atom. The molecule has 0 spiro atoms. The van der Waals surface area contributed by atoms with Crippen molar-refractivity contribution in [2.24, 2.45) is 0 Å². The summed E-state index contributed by atoms with van der Waals surface area (Å²) in [6, 6.07) is 4.38. The summed E-state index contributed by atoms with van der Waals surface area (Å²) >= 11 is 1.16. The number of carbonyl (C=O) groups is 2. The molecule has 23 heavy (non-hydrogen) atoms. The minimum absolute atomic E-state index is 0.0575. The van der Waals surface area contributed by atoms with Gasteiger partial charge in [0, 0.05) is 18.0 Å². The number of halogens is 3. The van der Waals surface area contributed by atoms with E-state index in [4.69, 9.17) is 0 Å². The zero-order chi connectivity index (χ0) is 17.0. The lowest BCUT2D eigenvalue weighted by atomic mass is 10.2. The van der Waals surface area contributed by atoms with Crippen LogP contribution in [0.5, 0.6) is 0 Å². The van der Waals surface area contributed by atoms with Crippen LogP contribution in [-0.4, -0.2) is 16.8 Å². The molecule has 9 heteroatoms. The second-order valence-electron chi connectivity index (χ2n) is 4.63. The fourth-order valence-electron chi connectivity index (χ4n) is 1.74. The maximum absolute atomic E-state index is 12.6. The van der Waals surface area contributed by atoms with Crippen LogP contribution in [0.2, 0.25) is 0 Å². The number of aromatic nitrogens is 1. The van der Waals surface area contributed by atoms with Gasteiger partial charge in [0.05, 0.1) is 17.7 Å². The second kappa shape index (κ2) is 6.78. The lowest BCUT2D eigenvalue weighted by molar-refractivity contribution is -0.137. The number of carbonyl (C=O) groups excluding carboxylic acids is 2. The molecule has 0 radical (unpaired) electrons. The number of anilines is 2. The molecule has 0 atom stereocenters. The van der Waals surface area contributed by atoms with Gasteiger partial charge in [0.25, 0.3) is 0 Å². The Balaban J connectivity index is 2.00. The molecular weight excluding hydrogens is 331 g/mol. The molecule has 2 aromatic rings. The smallest absolute Gasteiger partial charge is 0.326 e. The standard InChI is InChI=1S/C14H12F3N3O2S/c1-8(21)18-13-20-11(7-23-13)6-12(22)19-10-4-2-3-9(5-10)14(15,16)17/h2-5,7H,6H2,1H3,(H,19,22)(H,18,20,21). The van der Waals surface area contributed by atoms with Crippen molar-refractivity contribution in [3.05, 3.63) is 40.9 Å². The molecule has 122 valence electrons. The van der Waals surface area contributed by atoms with Gasteiger partial charge >= 0.3 is 6.18 Å². The first-order valence-corrected chi connectivity index (χ1v) is 7.31. The predicted octanol–water partition coefficient (Wildman–Crippen LogP) is 3.30. The Hall–Kier alpha value is -2.42. The van der Waals surface area contributed by atoms with E-state index in [0.717, 1.165) is 23.5 Å². The first-order valence-electron chi connectivity index (χ1n) is 6.43. The van der Waals surface area contributed by atoms with Gasteiger partial charge in [-0.1, -0.05) is 6.07 Å². The first kappa shape index (κ1) is 16.9. The summed E-state index contributed by atoms with van der Waals surface area (Å²) < 4.78 is 37.8. The van der Waals surface area contributed by atoms with Crippen LogP contribution in [0.4, 0.5) is 24.0 Å². The van der Waals surface area contributed by atoms with Gasteiger partial charge in [0.2, 0.25) is 11.8 Å².